The highest BCUT2D eigenvalue weighted by atomic mass is 16.1. The molecule has 6 aromatic rings. The van der Waals surface area contributed by atoms with Crippen LogP contribution in [-0.4, -0.2) is 34.9 Å². The van der Waals surface area contributed by atoms with Crippen LogP contribution in [0.25, 0.3) is 22.1 Å². The van der Waals surface area contributed by atoms with E-state index in [0.717, 1.165) is 10.9 Å². The molecule has 0 unspecified atom stereocenters. The van der Waals surface area contributed by atoms with Crippen molar-refractivity contribution < 1.29 is 4.79 Å². The van der Waals surface area contributed by atoms with Crippen molar-refractivity contribution in [2.75, 3.05) is 0 Å². The molecule has 2 aromatic carbocycles. The fraction of sp³-hybridized carbons (Fsp3) is 0.100. The van der Waals surface area contributed by atoms with E-state index in [1.165, 1.54) is 4.52 Å². The number of rotatable bonds is 4. The van der Waals surface area contributed by atoms with E-state index in [1.807, 2.05) is 74.8 Å². The van der Waals surface area contributed by atoms with E-state index in [4.69, 9.17) is 5.73 Å². The first kappa shape index (κ1) is 23.9. The van der Waals surface area contributed by atoms with Crippen molar-refractivity contribution in [2.45, 2.75) is 12.8 Å². The van der Waals surface area contributed by atoms with Crippen LogP contribution in [0.5, 0.6) is 0 Å². The molecule has 9 heteroatoms. The number of pyridine rings is 1. The number of aryl methyl sites for hydroxylation is 1. The molecule has 0 saturated carbocycles. The van der Waals surface area contributed by atoms with Crippen LogP contribution < -0.4 is 11.3 Å². The molecular formula is C30H23N7O2. The summed E-state index contributed by atoms with van der Waals surface area (Å²) in [5, 5.41) is 10.0. The zero-order valence-corrected chi connectivity index (χ0v) is 21.2. The van der Waals surface area contributed by atoms with Gasteiger partial charge in [-0.25, -0.2) is 9.50 Å². The average Bonchev–Trinajstić information content (AvgIpc) is 3.55. The van der Waals surface area contributed by atoms with E-state index < -0.39 is 11.8 Å². The normalized spacial score (nSPS) is 11.8. The Balaban J connectivity index is 1.62. The highest BCUT2D eigenvalue weighted by molar-refractivity contribution is 6.00. The van der Waals surface area contributed by atoms with Crippen molar-refractivity contribution in [3.63, 3.8) is 0 Å². The Morgan fingerprint density at radius 2 is 1.87 bits per heavy atom. The minimum absolute atomic E-state index is 0.223. The Hall–Kier alpha value is -5.49. The standard InChI is InChI=1S/C30H23N7O2/c1-19(27-26(28(31)38)29-32-14-7-15-36(29)34-27)24-16-22-9-6-8-21(13-12-20-17-33-35(2)18-20)25(22)30(39)37(24)23-10-4-3-5-11-23/h3-11,14-19H,1-2H3,(H2,31,38)/t19-/m0/s1. The van der Waals surface area contributed by atoms with Crippen LogP contribution in [0.2, 0.25) is 0 Å². The number of para-hydroxylation sites is 1. The Bertz CT molecular complexity index is 2010. The van der Waals surface area contributed by atoms with E-state index in [9.17, 15) is 9.59 Å². The van der Waals surface area contributed by atoms with Crippen molar-refractivity contribution in [1.82, 2.24) is 28.9 Å². The number of carbonyl (C=O) groups is 1. The zero-order valence-electron chi connectivity index (χ0n) is 21.2. The lowest BCUT2D eigenvalue weighted by atomic mass is 9.95. The third-order valence-electron chi connectivity index (χ3n) is 6.66. The number of hydrogen-bond donors (Lipinski definition) is 1. The van der Waals surface area contributed by atoms with Gasteiger partial charge in [0, 0.05) is 48.5 Å². The Labute approximate surface area is 223 Å². The minimum atomic E-state index is -0.632. The molecule has 1 atom stereocenters. The van der Waals surface area contributed by atoms with Gasteiger partial charge in [0.25, 0.3) is 11.5 Å². The highest BCUT2D eigenvalue weighted by Gasteiger charge is 2.27. The van der Waals surface area contributed by atoms with Crippen molar-refractivity contribution in [2.24, 2.45) is 12.8 Å². The summed E-state index contributed by atoms with van der Waals surface area (Å²) >= 11 is 0. The number of amides is 1. The van der Waals surface area contributed by atoms with Crippen LogP contribution in [-0.2, 0) is 7.05 Å². The monoisotopic (exact) mass is 513 g/mol. The van der Waals surface area contributed by atoms with Gasteiger partial charge in [0.05, 0.1) is 22.8 Å². The maximum atomic E-state index is 14.3. The molecule has 0 radical (unpaired) electrons. The minimum Gasteiger partial charge on any atom is -0.365 e. The first-order valence-electron chi connectivity index (χ1n) is 12.3. The van der Waals surface area contributed by atoms with Gasteiger partial charge in [-0.2, -0.15) is 10.2 Å². The summed E-state index contributed by atoms with van der Waals surface area (Å²) in [6.07, 6.45) is 6.80. The fourth-order valence-corrected chi connectivity index (χ4v) is 4.86. The molecule has 4 aromatic heterocycles. The summed E-state index contributed by atoms with van der Waals surface area (Å²) in [4.78, 5) is 31.1. The van der Waals surface area contributed by atoms with Gasteiger partial charge in [0.15, 0.2) is 5.65 Å². The molecule has 0 aliphatic carbocycles. The van der Waals surface area contributed by atoms with Crippen LogP contribution in [0, 0.1) is 11.8 Å². The van der Waals surface area contributed by atoms with Gasteiger partial charge < -0.3 is 5.73 Å². The van der Waals surface area contributed by atoms with E-state index in [2.05, 4.69) is 27.0 Å². The summed E-state index contributed by atoms with van der Waals surface area (Å²) in [7, 11) is 1.83. The van der Waals surface area contributed by atoms with Crippen LogP contribution >= 0.6 is 0 Å². The number of nitrogens with two attached hydrogens (primary N) is 1. The second-order valence-electron chi connectivity index (χ2n) is 9.20. The summed E-state index contributed by atoms with van der Waals surface area (Å²) in [6, 6.07) is 18.7. The Kier molecular flexibility index (Phi) is 5.77. The molecule has 0 saturated heterocycles. The summed E-state index contributed by atoms with van der Waals surface area (Å²) in [5.41, 5.74) is 9.31. The number of benzene rings is 2. The van der Waals surface area contributed by atoms with E-state index in [-0.39, 0.29) is 11.1 Å². The molecule has 6 rings (SSSR count). The number of hydrogen-bond acceptors (Lipinski definition) is 5. The van der Waals surface area contributed by atoms with Gasteiger partial charge in [0.1, 0.15) is 5.56 Å². The quantitative estimate of drug-likeness (QED) is 0.363. The van der Waals surface area contributed by atoms with Gasteiger partial charge in [0.2, 0.25) is 0 Å². The third kappa shape index (κ3) is 4.14. The van der Waals surface area contributed by atoms with Gasteiger partial charge in [-0.1, -0.05) is 49.1 Å². The largest absolute Gasteiger partial charge is 0.365 e. The molecule has 0 fully saturated rings. The van der Waals surface area contributed by atoms with Gasteiger partial charge in [-0.15, -0.1) is 0 Å². The van der Waals surface area contributed by atoms with Crippen LogP contribution in [0.3, 0.4) is 0 Å². The van der Waals surface area contributed by atoms with Crippen LogP contribution in [0.15, 0.2) is 90.2 Å². The second-order valence-corrected chi connectivity index (χ2v) is 9.20. The lowest BCUT2D eigenvalue weighted by Gasteiger charge is -2.20. The summed E-state index contributed by atoms with van der Waals surface area (Å²) in [6.45, 7) is 1.90. The summed E-state index contributed by atoms with van der Waals surface area (Å²) < 4.78 is 4.87. The molecule has 0 aliphatic rings. The molecule has 39 heavy (non-hydrogen) atoms. The van der Waals surface area contributed by atoms with Gasteiger partial charge >= 0.3 is 0 Å². The van der Waals surface area contributed by atoms with Gasteiger partial charge in [-0.05, 0) is 35.7 Å². The Morgan fingerprint density at radius 1 is 1.05 bits per heavy atom. The topological polar surface area (TPSA) is 113 Å². The molecule has 4 heterocycles. The predicted octanol–water partition coefficient (Wildman–Crippen LogP) is 3.42. The maximum Gasteiger partial charge on any atom is 0.264 e. The van der Waals surface area contributed by atoms with Crippen LogP contribution in [0.1, 0.15) is 45.7 Å². The maximum absolute atomic E-state index is 14.3. The number of fused-ring (bicyclic) bond motifs is 2. The fourth-order valence-electron chi connectivity index (χ4n) is 4.86. The second kappa shape index (κ2) is 9.43. The van der Waals surface area contributed by atoms with Crippen molar-refractivity contribution in [3.05, 3.63) is 124 Å². The molecule has 0 spiro atoms. The zero-order chi connectivity index (χ0) is 27.1. The smallest absolute Gasteiger partial charge is 0.264 e. The van der Waals surface area contributed by atoms with Gasteiger partial charge in [-0.3, -0.25) is 18.8 Å². The average molecular weight is 514 g/mol. The lowest BCUT2D eigenvalue weighted by molar-refractivity contribution is 0.100. The highest BCUT2D eigenvalue weighted by Crippen LogP contribution is 2.31. The van der Waals surface area contributed by atoms with E-state index in [0.29, 0.717) is 33.7 Å². The van der Waals surface area contributed by atoms with Crippen LogP contribution in [0.4, 0.5) is 0 Å². The molecular weight excluding hydrogens is 490 g/mol. The van der Waals surface area contributed by atoms with Crippen molar-refractivity contribution in [3.8, 4) is 17.5 Å². The number of nitrogens with zero attached hydrogens (tertiary/aromatic N) is 6. The van der Waals surface area contributed by atoms with E-state index >= 15 is 0 Å². The molecule has 0 bridgehead atoms. The van der Waals surface area contributed by atoms with Crippen molar-refractivity contribution >= 4 is 22.3 Å². The lowest BCUT2D eigenvalue weighted by Crippen LogP contribution is -2.25. The van der Waals surface area contributed by atoms with E-state index in [1.54, 1.807) is 33.9 Å². The SMILES string of the molecule is C[C@H](c1nn2cccnc2c1C(N)=O)c1cc2cccc(C#Cc3cnn(C)c3)c2c(=O)n1-c1ccccc1. The number of aromatic nitrogens is 6. The molecule has 1 amide bonds. The Morgan fingerprint density at radius 3 is 2.62 bits per heavy atom. The first-order valence-corrected chi connectivity index (χ1v) is 12.3. The number of carbonyl (C=O) groups excluding carboxylic acids is 1. The number of primary amides is 1. The first-order chi connectivity index (χ1) is 18.9. The predicted molar refractivity (Wildman–Crippen MR) is 148 cm³/mol. The van der Waals surface area contributed by atoms with Crippen molar-refractivity contribution in [1.29, 1.82) is 0 Å². The molecule has 2 N–H and O–H groups in total. The summed E-state index contributed by atoms with van der Waals surface area (Å²) in [5.74, 6) is 5.16. The molecule has 190 valence electrons. The third-order valence-corrected chi connectivity index (χ3v) is 6.66. The molecule has 0 aliphatic heterocycles. The molecule has 9 nitrogen and oxygen atoms in total.